The molecule has 0 aromatic heterocycles. The summed E-state index contributed by atoms with van der Waals surface area (Å²) in [5.41, 5.74) is 0.681. The highest BCUT2D eigenvalue weighted by Crippen LogP contribution is 2.73. The third-order valence-corrected chi connectivity index (χ3v) is 12.6. The monoisotopic (exact) mass is 502 g/mol. The molecule has 10 atom stereocenters. The molecule has 4 fully saturated rings. The standard InChI is InChI=1S/C31H50O5/c1-27(2)23-10-9-21-20(29(23,5)14-13-24(27)32)12-16-30(6)19(11-15-31(21,30)7)18-17-22(36-26(18)35-8)25(33)28(3,4)34/h9,18-20,22-23,25-26,33-34H,10-17H2,1-8H3/t18?,19-,20?,22+,23?,25?,26+,29+,30-,31+/m0/s1. The lowest BCUT2D eigenvalue weighted by Crippen LogP contribution is -2.57. The Morgan fingerprint density at radius 1 is 1.11 bits per heavy atom. The van der Waals surface area contributed by atoms with Crippen LogP contribution in [-0.2, 0) is 14.3 Å². The molecule has 0 bridgehead atoms. The molecule has 2 N–H and O–H groups in total. The van der Waals surface area contributed by atoms with Crippen LogP contribution in [0.5, 0.6) is 0 Å². The zero-order chi connectivity index (χ0) is 26.5. The van der Waals surface area contributed by atoms with Gasteiger partial charge in [-0.25, -0.2) is 0 Å². The zero-order valence-electron chi connectivity index (χ0n) is 23.9. The Balaban J connectivity index is 1.45. The molecule has 0 amide bonds. The number of rotatable bonds is 4. The number of carbonyl (C=O) groups is 1. The topological polar surface area (TPSA) is 76.0 Å². The molecule has 1 heterocycles. The van der Waals surface area contributed by atoms with Crippen molar-refractivity contribution in [3.05, 3.63) is 11.6 Å². The van der Waals surface area contributed by atoms with Gasteiger partial charge >= 0.3 is 0 Å². The van der Waals surface area contributed by atoms with Gasteiger partial charge in [-0.1, -0.05) is 46.3 Å². The van der Waals surface area contributed by atoms with Crippen LogP contribution in [0.3, 0.4) is 0 Å². The number of Topliss-reactive ketones (excluding diaryl/α,β-unsaturated/α-hetero) is 1. The van der Waals surface area contributed by atoms with E-state index in [4.69, 9.17) is 9.47 Å². The van der Waals surface area contributed by atoms with Gasteiger partial charge in [-0.3, -0.25) is 4.79 Å². The van der Waals surface area contributed by atoms with Crippen molar-refractivity contribution in [2.24, 2.45) is 45.3 Å². The summed E-state index contributed by atoms with van der Waals surface area (Å²) in [6.45, 7) is 15.2. The van der Waals surface area contributed by atoms with Gasteiger partial charge < -0.3 is 19.7 Å². The molecule has 1 aliphatic heterocycles. The van der Waals surface area contributed by atoms with Crippen LogP contribution in [0.25, 0.3) is 0 Å². The molecule has 0 spiro atoms. The van der Waals surface area contributed by atoms with Crippen LogP contribution in [-0.4, -0.2) is 47.2 Å². The minimum absolute atomic E-state index is 0.130. The molecule has 4 unspecified atom stereocenters. The van der Waals surface area contributed by atoms with Crippen molar-refractivity contribution in [1.82, 2.24) is 0 Å². The lowest BCUT2D eigenvalue weighted by Gasteiger charge is -2.63. The quantitative estimate of drug-likeness (QED) is 0.485. The first-order chi connectivity index (χ1) is 16.6. The Morgan fingerprint density at radius 2 is 1.81 bits per heavy atom. The smallest absolute Gasteiger partial charge is 0.160 e. The molecule has 4 aliphatic carbocycles. The average Bonchev–Trinajstić information content (AvgIpc) is 3.33. The first-order valence-electron chi connectivity index (χ1n) is 14.4. The van der Waals surface area contributed by atoms with Gasteiger partial charge in [0.1, 0.15) is 11.9 Å². The molecule has 0 aromatic rings. The summed E-state index contributed by atoms with van der Waals surface area (Å²) in [4.78, 5) is 12.9. The van der Waals surface area contributed by atoms with E-state index in [0.29, 0.717) is 23.5 Å². The number of fused-ring (bicyclic) bond motifs is 5. The van der Waals surface area contributed by atoms with E-state index in [1.54, 1.807) is 26.5 Å². The van der Waals surface area contributed by atoms with E-state index < -0.39 is 17.8 Å². The van der Waals surface area contributed by atoms with Gasteiger partial charge in [0, 0.05) is 24.9 Å². The molecule has 0 aromatic carbocycles. The minimum Gasteiger partial charge on any atom is -0.388 e. The van der Waals surface area contributed by atoms with Gasteiger partial charge in [0.15, 0.2) is 6.29 Å². The molecule has 5 aliphatic rings. The van der Waals surface area contributed by atoms with Crippen molar-refractivity contribution >= 4 is 5.78 Å². The number of carbonyl (C=O) groups excluding carboxylic acids is 1. The highest BCUT2D eigenvalue weighted by atomic mass is 16.7. The number of methoxy groups -OCH3 is 1. The summed E-state index contributed by atoms with van der Waals surface area (Å²) in [6, 6.07) is 0. The molecule has 204 valence electrons. The summed E-state index contributed by atoms with van der Waals surface area (Å²) < 4.78 is 12.1. The molecule has 5 rings (SSSR count). The van der Waals surface area contributed by atoms with Crippen LogP contribution in [0.4, 0.5) is 0 Å². The Labute approximate surface area is 218 Å². The van der Waals surface area contributed by atoms with Crippen LogP contribution in [0.2, 0.25) is 0 Å². The SMILES string of the molecule is CO[C@@H]1O[C@@H](C(O)C(C)(C)O)CC1[C@@H]1CC[C@]2(C)C3=CCC4C(C)(C)C(=O)CC[C@]4(C)C3CC[C@@]12C. The second-order valence-corrected chi connectivity index (χ2v) is 14.9. The predicted molar refractivity (Wildman–Crippen MR) is 140 cm³/mol. The molecule has 5 nitrogen and oxygen atoms in total. The zero-order valence-corrected chi connectivity index (χ0v) is 23.9. The first kappa shape index (κ1) is 26.8. The Bertz CT molecular complexity index is 932. The van der Waals surface area contributed by atoms with Gasteiger partial charge in [0.25, 0.3) is 0 Å². The van der Waals surface area contributed by atoms with Gasteiger partial charge in [0.05, 0.1) is 11.7 Å². The Kier molecular flexibility index (Phi) is 6.24. The fourth-order valence-electron chi connectivity index (χ4n) is 10.2. The Morgan fingerprint density at radius 3 is 2.44 bits per heavy atom. The molecule has 36 heavy (non-hydrogen) atoms. The number of hydrogen-bond donors (Lipinski definition) is 2. The lowest BCUT2D eigenvalue weighted by molar-refractivity contribution is -0.184. The van der Waals surface area contributed by atoms with E-state index in [2.05, 4.69) is 40.7 Å². The number of aliphatic hydroxyl groups is 2. The second-order valence-electron chi connectivity index (χ2n) is 14.9. The fraction of sp³-hybridized carbons (Fsp3) is 0.903. The van der Waals surface area contributed by atoms with Gasteiger partial charge in [-0.05, 0) is 92.8 Å². The van der Waals surface area contributed by atoms with Crippen molar-refractivity contribution in [2.75, 3.05) is 7.11 Å². The van der Waals surface area contributed by atoms with Gasteiger partial charge in [-0.2, -0.15) is 0 Å². The summed E-state index contributed by atoms with van der Waals surface area (Å²) in [5, 5.41) is 21.2. The Hall–Kier alpha value is -0.750. The maximum atomic E-state index is 12.9. The van der Waals surface area contributed by atoms with Crippen LogP contribution in [0.15, 0.2) is 11.6 Å². The van der Waals surface area contributed by atoms with Crippen molar-refractivity contribution in [3.63, 3.8) is 0 Å². The van der Waals surface area contributed by atoms with E-state index in [-0.39, 0.29) is 33.9 Å². The predicted octanol–water partition coefficient (Wildman–Crippen LogP) is 5.67. The van der Waals surface area contributed by atoms with Crippen LogP contribution >= 0.6 is 0 Å². The summed E-state index contributed by atoms with van der Waals surface area (Å²) in [5.74, 6) is 2.09. The van der Waals surface area contributed by atoms with E-state index in [1.165, 1.54) is 19.3 Å². The molecular formula is C31H50O5. The van der Waals surface area contributed by atoms with E-state index in [9.17, 15) is 15.0 Å². The fourth-order valence-corrected chi connectivity index (χ4v) is 10.2. The van der Waals surface area contributed by atoms with E-state index in [0.717, 1.165) is 32.1 Å². The summed E-state index contributed by atoms with van der Waals surface area (Å²) in [6.07, 6.45) is 9.03. The average molecular weight is 503 g/mol. The van der Waals surface area contributed by atoms with Crippen LogP contribution in [0.1, 0.15) is 99.8 Å². The van der Waals surface area contributed by atoms with Crippen LogP contribution < -0.4 is 0 Å². The minimum atomic E-state index is -1.21. The van der Waals surface area contributed by atoms with Crippen molar-refractivity contribution in [3.8, 4) is 0 Å². The van der Waals surface area contributed by atoms with Crippen molar-refractivity contribution in [2.45, 2.75) is 124 Å². The summed E-state index contributed by atoms with van der Waals surface area (Å²) >= 11 is 0. The van der Waals surface area contributed by atoms with Gasteiger partial charge in [0.2, 0.25) is 0 Å². The van der Waals surface area contributed by atoms with Crippen LogP contribution in [0, 0.1) is 45.3 Å². The highest BCUT2D eigenvalue weighted by Gasteiger charge is 2.66. The molecular weight excluding hydrogens is 452 g/mol. The molecule has 3 saturated carbocycles. The lowest BCUT2D eigenvalue weighted by atomic mass is 9.41. The third-order valence-electron chi connectivity index (χ3n) is 12.6. The van der Waals surface area contributed by atoms with E-state index in [1.807, 2.05) is 0 Å². The number of ether oxygens (including phenoxy) is 2. The maximum Gasteiger partial charge on any atom is 0.160 e. The molecule has 1 saturated heterocycles. The largest absolute Gasteiger partial charge is 0.388 e. The van der Waals surface area contributed by atoms with E-state index >= 15 is 0 Å². The normalized spacial score (nSPS) is 49.2. The van der Waals surface area contributed by atoms with Crippen molar-refractivity contribution < 1.29 is 24.5 Å². The number of aliphatic hydroxyl groups excluding tert-OH is 1. The summed E-state index contributed by atoms with van der Waals surface area (Å²) in [7, 11) is 1.71. The number of ketones is 1. The third kappa shape index (κ3) is 3.51. The second kappa shape index (κ2) is 8.37. The molecule has 0 radical (unpaired) electrons. The number of allylic oxidation sites excluding steroid dienone is 2. The molecule has 5 heteroatoms. The maximum absolute atomic E-state index is 12.9. The van der Waals surface area contributed by atoms with Gasteiger partial charge in [-0.15, -0.1) is 0 Å². The van der Waals surface area contributed by atoms with Crippen molar-refractivity contribution in [1.29, 1.82) is 0 Å². The first-order valence-corrected chi connectivity index (χ1v) is 14.4. The highest BCUT2D eigenvalue weighted by molar-refractivity contribution is 5.85. The number of hydrogen-bond acceptors (Lipinski definition) is 5.